The van der Waals surface area contributed by atoms with E-state index in [-0.39, 0.29) is 0 Å². The molecule has 0 saturated heterocycles. The van der Waals surface area contributed by atoms with Crippen molar-refractivity contribution in [1.82, 2.24) is 4.98 Å². The van der Waals surface area contributed by atoms with E-state index in [4.69, 9.17) is 15.2 Å². The quantitative estimate of drug-likeness (QED) is 0.898. The van der Waals surface area contributed by atoms with Crippen LogP contribution in [0.1, 0.15) is 11.1 Å². The summed E-state index contributed by atoms with van der Waals surface area (Å²) in [5.41, 5.74) is 7.68. The smallest absolute Gasteiger partial charge is 0.219 e. The summed E-state index contributed by atoms with van der Waals surface area (Å²) in [5, 5.41) is 0. The van der Waals surface area contributed by atoms with Gasteiger partial charge in [-0.05, 0) is 36.2 Å². The topological polar surface area (TPSA) is 57.4 Å². The minimum atomic E-state index is 0.472. The summed E-state index contributed by atoms with van der Waals surface area (Å²) in [6, 6.07) is 9.40. The van der Waals surface area contributed by atoms with Gasteiger partial charge < -0.3 is 15.2 Å². The van der Waals surface area contributed by atoms with Gasteiger partial charge in [-0.25, -0.2) is 4.98 Å². The van der Waals surface area contributed by atoms with Crippen LogP contribution in [-0.4, -0.2) is 12.1 Å². The van der Waals surface area contributed by atoms with E-state index in [1.54, 1.807) is 13.3 Å². The number of aromatic nitrogens is 1. The summed E-state index contributed by atoms with van der Waals surface area (Å²) in [4.78, 5) is 4.15. The van der Waals surface area contributed by atoms with Crippen LogP contribution in [-0.2, 0) is 6.54 Å². The molecule has 0 spiro atoms. The maximum atomic E-state index is 5.70. The zero-order chi connectivity index (χ0) is 13.0. The fraction of sp³-hybridized carbons (Fsp3) is 0.214. The van der Waals surface area contributed by atoms with Gasteiger partial charge in [-0.3, -0.25) is 0 Å². The number of ether oxygens (including phenoxy) is 2. The Bertz CT molecular complexity index is 541. The molecule has 0 aliphatic heterocycles. The predicted octanol–water partition coefficient (Wildman–Crippen LogP) is 2.65. The van der Waals surface area contributed by atoms with Crippen molar-refractivity contribution in [3.05, 3.63) is 47.7 Å². The molecule has 1 heterocycles. The summed E-state index contributed by atoms with van der Waals surface area (Å²) >= 11 is 0. The van der Waals surface area contributed by atoms with Crippen LogP contribution in [0.15, 0.2) is 36.5 Å². The highest BCUT2D eigenvalue weighted by Gasteiger charge is 2.07. The van der Waals surface area contributed by atoms with E-state index in [0.29, 0.717) is 23.9 Å². The van der Waals surface area contributed by atoms with Crippen LogP contribution in [0, 0.1) is 6.92 Å². The molecular weight excluding hydrogens is 228 g/mol. The predicted molar refractivity (Wildman–Crippen MR) is 69.9 cm³/mol. The normalized spacial score (nSPS) is 10.2. The lowest BCUT2D eigenvalue weighted by Gasteiger charge is -2.11. The molecule has 0 fully saturated rings. The van der Waals surface area contributed by atoms with Gasteiger partial charge in [-0.15, -0.1) is 0 Å². The van der Waals surface area contributed by atoms with Gasteiger partial charge in [0.05, 0.1) is 7.11 Å². The first-order valence-corrected chi connectivity index (χ1v) is 5.70. The third-order valence-electron chi connectivity index (χ3n) is 2.57. The van der Waals surface area contributed by atoms with E-state index in [0.717, 1.165) is 11.1 Å². The molecule has 0 amide bonds. The van der Waals surface area contributed by atoms with Crippen molar-refractivity contribution in [2.75, 3.05) is 7.11 Å². The molecule has 1 aromatic heterocycles. The van der Waals surface area contributed by atoms with E-state index < -0.39 is 0 Å². The SMILES string of the molecule is COc1cc(CN)ccc1Oc1cc(C)ccn1. The van der Waals surface area contributed by atoms with Gasteiger partial charge in [-0.1, -0.05) is 6.07 Å². The molecule has 4 heteroatoms. The van der Waals surface area contributed by atoms with Gasteiger partial charge in [0.1, 0.15) is 0 Å². The van der Waals surface area contributed by atoms with E-state index in [1.165, 1.54) is 0 Å². The van der Waals surface area contributed by atoms with Crippen molar-refractivity contribution >= 4 is 0 Å². The number of nitrogens with two attached hydrogens (primary N) is 1. The van der Waals surface area contributed by atoms with E-state index >= 15 is 0 Å². The highest BCUT2D eigenvalue weighted by atomic mass is 16.5. The maximum Gasteiger partial charge on any atom is 0.219 e. The Balaban J connectivity index is 2.28. The second kappa shape index (κ2) is 5.51. The summed E-state index contributed by atoms with van der Waals surface area (Å²) in [6.07, 6.45) is 1.71. The highest BCUT2D eigenvalue weighted by molar-refractivity contribution is 5.44. The van der Waals surface area contributed by atoms with Gasteiger partial charge >= 0.3 is 0 Å². The second-order valence-electron chi connectivity index (χ2n) is 3.96. The minimum Gasteiger partial charge on any atom is -0.493 e. The number of pyridine rings is 1. The van der Waals surface area contributed by atoms with Gasteiger partial charge in [0.2, 0.25) is 5.88 Å². The number of nitrogens with zero attached hydrogens (tertiary/aromatic N) is 1. The number of benzene rings is 1. The Morgan fingerprint density at radius 2 is 2.00 bits per heavy atom. The lowest BCUT2D eigenvalue weighted by Crippen LogP contribution is -1.98. The number of methoxy groups -OCH3 is 1. The number of rotatable bonds is 4. The first kappa shape index (κ1) is 12.4. The van der Waals surface area contributed by atoms with Crippen molar-refractivity contribution in [2.45, 2.75) is 13.5 Å². The van der Waals surface area contributed by atoms with Crippen LogP contribution < -0.4 is 15.2 Å². The first-order valence-electron chi connectivity index (χ1n) is 5.70. The van der Waals surface area contributed by atoms with Gasteiger partial charge in [0, 0.05) is 18.8 Å². The van der Waals surface area contributed by atoms with Crippen molar-refractivity contribution in [3.8, 4) is 17.4 Å². The number of aryl methyl sites for hydroxylation is 1. The minimum absolute atomic E-state index is 0.472. The largest absolute Gasteiger partial charge is 0.493 e. The molecule has 2 aromatic rings. The molecule has 0 bridgehead atoms. The van der Waals surface area contributed by atoms with Crippen LogP contribution in [0.3, 0.4) is 0 Å². The lowest BCUT2D eigenvalue weighted by molar-refractivity contribution is 0.373. The van der Waals surface area contributed by atoms with Crippen molar-refractivity contribution in [2.24, 2.45) is 5.73 Å². The molecule has 2 N–H and O–H groups in total. The molecule has 0 atom stereocenters. The fourth-order valence-electron chi connectivity index (χ4n) is 1.60. The molecular formula is C14H16N2O2. The number of hydrogen-bond acceptors (Lipinski definition) is 4. The first-order chi connectivity index (χ1) is 8.72. The monoisotopic (exact) mass is 244 g/mol. The van der Waals surface area contributed by atoms with Gasteiger partial charge in [0.15, 0.2) is 11.5 Å². The zero-order valence-electron chi connectivity index (χ0n) is 10.5. The van der Waals surface area contributed by atoms with Crippen molar-refractivity contribution in [1.29, 1.82) is 0 Å². The molecule has 0 unspecified atom stereocenters. The van der Waals surface area contributed by atoms with Crippen LogP contribution in [0.4, 0.5) is 0 Å². The molecule has 1 aromatic carbocycles. The van der Waals surface area contributed by atoms with Crippen LogP contribution >= 0.6 is 0 Å². The molecule has 0 radical (unpaired) electrons. The molecule has 18 heavy (non-hydrogen) atoms. The van der Waals surface area contributed by atoms with E-state index in [2.05, 4.69) is 4.98 Å². The summed E-state index contributed by atoms with van der Waals surface area (Å²) < 4.78 is 11.0. The van der Waals surface area contributed by atoms with E-state index in [9.17, 15) is 0 Å². The molecule has 0 saturated carbocycles. The summed E-state index contributed by atoms with van der Waals surface area (Å²) in [5.74, 6) is 1.84. The Labute approximate surface area is 106 Å². The molecule has 2 rings (SSSR count). The summed E-state index contributed by atoms with van der Waals surface area (Å²) in [7, 11) is 1.60. The summed E-state index contributed by atoms with van der Waals surface area (Å²) in [6.45, 7) is 2.46. The third kappa shape index (κ3) is 2.78. The second-order valence-corrected chi connectivity index (χ2v) is 3.96. The number of hydrogen-bond donors (Lipinski definition) is 1. The van der Waals surface area contributed by atoms with Crippen LogP contribution in [0.25, 0.3) is 0 Å². The Hall–Kier alpha value is -2.07. The van der Waals surface area contributed by atoms with Crippen molar-refractivity contribution in [3.63, 3.8) is 0 Å². The standard InChI is InChI=1S/C14H16N2O2/c1-10-5-6-16-14(7-10)18-12-4-3-11(9-15)8-13(12)17-2/h3-8H,9,15H2,1-2H3. The maximum absolute atomic E-state index is 5.70. The molecule has 0 aliphatic carbocycles. The van der Waals surface area contributed by atoms with Gasteiger partial charge in [0.25, 0.3) is 0 Å². The Morgan fingerprint density at radius 1 is 1.17 bits per heavy atom. The van der Waals surface area contributed by atoms with Crippen LogP contribution in [0.5, 0.6) is 17.4 Å². The van der Waals surface area contributed by atoms with Crippen LogP contribution in [0.2, 0.25) is 0 Å². The molecule has 0 aliphatic rings. The Morgan fingerprint density at radius 3 is 2.67 bits per heavy atom. The molecule has 94 valence electrons. The lowest BCUT2D eigenvalue weighted by atomic mass is 10.2. The van der Waals surface area contributed by atoms with Gasteiger partial charge in [-0.2, -0.15) is 0 Å². The average Bonchev–Trinajstić information content (AvgIpc) is 2.39. The highest BCUT2D eigenvalue weighted by Crippen LogP contribution is 2.31. The van der Waals surface area contributed by atoms with Crippen molar-refractivity contribution < 1.29 is 9.47 Å². The Kier molecular flexibility index (Phi) is 3.79. The average molecular weight is 244 g/mol. The van der Waals surface area contributed by atoms with E-state index in [1.807, 2.05) is 37.3 Å². The third-order valence-corrected chi connectivity index (χ3v) is 2.57. The fourth-order valence-corrected chi connectivity index (χ4v) is 1.60. The molecule has 4 nitrogen and oxygen atoms in total. The zero-order valence-corrected chi connectivity index (χ0v) is 10.5.